The SMILES string of the molecule is COc1ccc(-c2c(C3CCCCC3)c3ccc(C(=O)NS(=O)(=O)N(C)C)cc3n2CC2(C(=O)N3CCN4CCCCC4C3)CC2)cc1. The van der Waals surface area contributed by atoms with Crippen molar-refractivity contribution in [1.29, 1.82) is 0 Å². The highest BCUT2D eigenvalue weighted by molar-refractivity contribution is 7.87. The molecule has 3 aromatic rings. The van der Waals surface area contributed by atoms with Crippen LogP contribution in [-0.4, -0.2) is 92.3 Å². The fraction of sp³-hybridized carbons (Fsp3) is 0.568. The van der Waals surface area contributed by atoms with Crippen LogP contribution in [0.15, 0.2) is 42.5 Å². The van der Waals surface area contributed by atoms with Crippen LogP contribution in [0.5, 0.6) is 5.75 Å². The third-order valence-corrected chi connectivity index (χ3v) is 12.7. The highest BCUT2D eigenvalue weighted by Gasteiger charge is 2.53. The predicted molar refractivity (Wildman–Crippen MR) is 187 cm³/mol. The number of nitrogens with zero attached hydrogens (tertiary/aromatic N) is 4. The average Bonchev–Trinajstić information content (AvgIpc) is 3.83. The highest BCUT2D eigenvalue weighted by atomic mass is 32.2. The molecule has 1 N–H and O–H groups in total. The molecule has 2 amide bonds. The minimum atomic E-state index is -3.97. The second-order valence-electron chi connectivity index (χ2n) is 14.6. The van der Waals surface area contributed by atoms with Crippen molar-refractivity contribution in [1.82, 2.24) is 23.4 Å². The number of piperidine rings is 1. The molecule has 1 atom stereocenters. The summed E-state index contributed by atoms with van der Waals surface area (Å²) >= 11 is 0. The van der Waals surface area contributed by atoms with Crippen molar-refractivity contribution in [2.75, 3.05) is 47.4 Å². The lowest BCUT2D eigenvalue weighted by Crippen LogP contribution is -2.57. The fourth-order valence-corrected chi connectivity index (χ4v) is 8.92. The van der Waals surface area contributed by atoms with Crippen molar-refractivity contribution in [2.45, 2.75) is 82.7 Å². The number of piperazine rings is 1. The maximum Gasteiger partial charge on any atom is 0.303 e. The molecule has 4 aliphatic rings. The Kier molecular flexibility index (Phi) is 9.06. The van der Waals surface area contributed by atoms with Gasteiger partial charge in [0, 0.05) is 62.8 Å². The summed E-state index contributed by atoms with van der Waals surface area (Å²) in [6.45, 7) is 4.16. The van der Waals surface area contributed by atoms with E-state index in [0.717, 1.165) is 103 Å². The van der Waals surface area contributed by atoms with Gasteiger partial charge < -0.3 is 14.2 Å². The molecule has 2 aromatic carbocycles. The van der Waals surface area contributed by atoms with Crippen molar-refractivity contribution in [3.63, 3.8) is 0 Å². The van der Waals surface area contributed by atoms with Crippen LogP contribution in [0, 0.1) is 5.41 Å². The van der Waals surface area contributed by atoms with Crippen LogP contribution < -0.4 is 9.46 Å². The third kappa shape index (κ3) is 6.25. The zero-order chi connectivity index (χ0) is 33.6. The maximum atomic E-state index is 14.5. The molecule has 11 heteroatoms. The Hall–Kier alpha value is -3.41. The van der Waals surface area contributed by atoms with E-state index in [1.165, 1.54) is 38.9 Å². The number of nitrogens with one attached hydrogen (secondary N) is 1. The van der Waals surface area contributed by atoms with Crippen LogP contribution in [0.2, 0.25) is 0 Å². The molecule has 48 heavy (non-hydrogen) atoms. The molecule has 2 saturated heterocycles. The van der Waals surface area contributed by atoms with Gasteiger partial charge in [0.2, 0.25) is 5.91 Å². The summed E-state index contributed by atoms with van der Waals surface area (Å²) in [7, 11) is 0.478. The van der Waals surface area contributed by atoms with Crippen molar-refractivity contribution < 1.29 is 22.7 Å². The molecule has 2 aliphatic heterocycles. The Bertz CT molecular complexity index is 1790. The van der Waals surface area contributed by atoms with Crippen LogP contribution in [0.3, 0.4) is 0 Å². The van der Waals surface area contributed by atoms with Crippen LogP contribution in [0.4, 0.5) is 0 Å². The first-order valence-corrected chi connectivity index (χ1v) is 19.1. The first kappa shape index (κ1) is 33.1. The number of benzene rings is 2. The number of carbonyl (C=O) groups is 2. The first-order chi connectivity index (χ1) is 23.1. The second-order valence-corrected chi connectivity index (χ2v) is 16.5. The summed E-state index contributed by atoms with van der Waals surface area (Å²) in [4.78, 5) is 32.5. The Morgan fingerprint density at radius 1 is 0.938 bits per heavy atom. The molecule has 258 valence electrons. The van der Waals surface area contributed by atoms with Gasteiger partial charge >= 0.3 is 10.2 Å². The van der Waals surface area contributed by atoms with Gasteiger partial charge in [-0.3, -0.25) is 14.5 Å². The minimum absolute atomic E-state index is 0.250. The predicted octanol–water partition coefficient (Wildman–Crippen LogP) is 5.38. The van der Waals surface area contributed by atoms with Gasteiger partial charge in [-0.05, 0) is 98.5 Å². The van der Waals surface area contributed by atoms with Crippen molar-refractivity contribution in [2.24, 2.45) is 5.41 Å². The Balaban J connectivity index is 1.34. The molecular formula is C37H49N5O5S. The molecule has 4 fully saturated rings. The monoisotopic (exact) mass is 675 g/mol. The topological polar surface area (TPSA) is 104 Å². The normalized spacial score (nSPS) is 21.7. The summed E-state index contributed by atoms with van der Waals surface area (Å²) in [5, 5.41) is 1.07. The lowest BCUT2D eigenvalue weighted by Gasteiger charge is -2.45. The van der Waals surface area contributed by atoms with E-state index in [-0.39, 0.29) is 11.5 Å². The number of carbonyl (C=O) groups excluding carboxylic acids is 2. The molecule has 0 bridgehead atoms. The molecule has 0 spiro atoms. The highest BCUT2D eigenvalue weighted by Crippen LogP contribution is 2.52. The van der Waals surface area contributed by atoms with Crippen molar-refractivity contribution in [3.8, 4) is 17.0 Å². The van der Waals surface area contributed by atoms with Crippen LogP contribution >= 0.6 is 0 Å². The molecule has 2 aliphatic carbocycles. The molecule has 3 heterocycles. The Morgan fingerprint density at radius 3 is 2.35 bits per heavy atom. The zero-order valence-electron chi connectivity index (χ0n) is 28.5. The largest absolute Gasteiger partial charge is 0.497 e. The molecule has 2 saturated carbocycles. The lowest BCUT2D eigenvalue weighted by molar-refractivity contribution is -0.141. The molecule has 1 unspecified atom stereocenters. The number of ether oxygens (including phenoxy) is 1. The first-order valence-electron chi connectivity index (χ1n) is 17.7. The Morgan fingerprint density at radius 2 is 1.67 bits per heavy atom. The number of hydrogen-bond donors (Lipinski definition) is 1. The molecule has 1 aromatic heterocycles. The summed E-state index contributed by atoms with van der Waals surface area (Å²) < 4.78 is 36.2. The fourth-order valence-electron chi connectivity index (χ4n) is 8.38. The van der Waals surface area contributed by atoms with E-state index in [0.29, 0.717) is 18.5 Å². The van der Waals surface area contributed by atoms with Gasteiger partial charge in [0.1, 0.15) is 5.75 Å². The third-order valence-electron chi connectivity index (χ3n) is 11.3. The van der Waals surface area contributed by atoms with Crippen LogP contribution in [0.25, 0.3) is 22.2 Å². The van der Waals surface area contributed by atoms with E-state index in [9.17, 15) is 18.0 Å². The summed E-state index contributed by atoms with van der Waals surface area (Å²) in [5.74, 6) is 0.697. The standard InChI is InChI=1S/C37H49N5O5S/c1-39(2)48(45,46)38-35(43)28-14-17-31-32(23-28)42(25-37(18-19-37)36(44)41-22-21-40-20-8-7-11-29(40)24-41)34(27-12-15-30(47-3)16-13-27)33(31)26-9-5-4-6-10-26/h12-17,23,26,29H,4-11,18-22,24-25H2,1-3H3,(H,38,43). The van der Waals surface area contributed by atoms with Gasteiger partial charge in [0.05, 0.1) is 18.2 Å². The van der Waals surface area contributed by atoms with Gasteiger partial charge in [-0.25, -0.2) is 4.72 Å². The molecule has 7 rings (SSSR count). The molecule has 10 nitrogen and oxygen atoms in total. The zero-order valence-corrected chi connectivity index (χ0v) is 29.4. The van der Waals surface area contributed by atoms with E-state index < -0.39 is 21.5 Å². The number of fused-ring (bicyclic) bond motifs is 2. The van der Waals surface area contributed by atoms with Gasteiger partial charge in [-0.15, -0.1) is 0 Å². The van der Waals surface area contributed by atoms with Crippen LogP contribution in [0.1, 0.15) is 86.0 Å². The number of rotatable bonds is 9. The van der Waals surface area contributed by atoms with Gasteiger partial charge in [-0.2, -0.15) is 12.7 Å². The summed E-state index contributed by atoms with van der Waals surface area (Å²) in [6, 6.07) is 14.2. The Labute approximate surface area is 284 Å². The number of methoxy groups -OCH3 is 1. The number of amides is 2. The van der Waals surface area contributed by atoms with Gasteiger partial charge in [0.15, 0.2) is 0 Å². The van der Waals surface area contributed by atoms with Crippen LogP contribution in [-0.2, 0) is 21.5 Å². The quantitative estimate of drug-likeness (QED) is 0.327. The van der Waals surface area contributed by atoms with Crippen molar-refractivity contribution in [3.05, 3.63) is 53.6 Å². The van der Waals surface area contributed by atoms with E-state index in [2.05, 4.69) is 31.2 Å². The molecule has 0 radical (unpaired) electrons. The summed E-state index contributed by atoms with van der Waals surface area (Å²) in [6.07, 6.45) is 11.0. The second kappa shape index (κ2) is 13.1. The smallest absolute Gasteiger partial charge is 0.303 e. The number of hydrogen-bond acceptors (Lipinski definition) is 6. The average molecular weight is 676 g/mol. The lowest BCUT2D eigenvalue weighted by atomic mass is 9.81. The molecular weight excluding hydrogens is 627 g/mol. The minimum Gasteiger partial charge on any atom is -0.497 e. The maximum absolute atomic E-state index is 14.5. The summed E-state index contributed by atoms with van der Waals surface area (Å²) in [5.41, 5.74) is 4.05. The number of aromatic nitrogens is 1. The van der Waals surface area contributed by atoms with E-state index in [1.54, 1.807) is 13.2 Å². The van der Waals surface area contributed by atoms with Gasteiger partial charge in [0.25, 0.3) is 5.91 Å². The van der Waals surface area contributed by atoms with E-state index in [1.807, 2.05) is 24.3 Å². The van der Waals surface area contributed by atoms with Crippen molar-refractivity contribution >= 4 is 32.9 Å². The van der Waals surface area contributed by atoms with E-state index >= 15 is 0 Å². The van der Waals surface area contributed by atoms with Gasteiger partial charge in [-0.1, -0.05) is 31.7 Å². The van der Waals surface area contributed by atoms with E-state index in [4.69, 9.17) is 4.74 Å².